The van der Waals surface area contributed by atoms with Crippen LogP contribution in [0.25, 0.3) is 5.57 Å². The van der Waals surface area contributed by atoms with Crippen LogP contribution in [0, 0.1) is 0 Å². The molecule has 1 rings (SSSR count). The molecular formula is C18H33NO2. The van der Waals surface area contributed by atoms with Crippen LogP contribution in [0.5, 0.6) is 0 Å². The van der Waals surface area contributed by atoms with E-state index < -0.39 is 11.6 Å². The monoisotopic (exact) mass is 295 g/mol. The number of hydrogen-bond donors (Lipinski definition) is 1. The van der Waals surface area contributed by atoms with Crippen LogP contribution in [0.4, 0.5) is 4.79 Å². The molecular weight excluding hydrogens is 262 g/mol. The van der Waals surface area contributed by atoms with E-state index >= 15 is 0 Å². The molecule has 3 heteroatoms. The second-order valence-corrected chi connectivity index (χ2v) is 4.83. The van der Waals surface area contributed by atoms with E-state index in [4.69, 9.17) is 4.74 Å². The highest BCUT2D eigenvalue weighted by Crippen LogP contribution is 2.23. The minimum absolute atomic E-state index is 0. The van der Waals surface area contributed by atoms with Crippen LogP contribution in [0.3, 0.4) is 0 Å². The van der Waals surface area contributed by atoms with Crippen LogP contribution in [-0.4, -0.2) is 12.7 Å². The first-order chi connectivity index (χ1) is 8.36. The van der Waals surface area contributed by atoms with Crippen molar-refractivity contribution in [3.8, 4) is 0 Å². The van der Waals surface area contributed by atoms with Crippen molar-refractivity contribution in [3.05, 3.63) is 42.0 Å². The van der Waals surface area contributed by atoms with E-state index in [2.05, 4.69) is 11.9 Å². The van der Waals surface area contributed by atoms with E-state index in [-0.39, 0.29) is 22.3 Å². The number of allylic oxidation sites excluding steroid dienone is 1. The van der Waals surface area contributed by atoms with Crippen LogP contribution < -0.4 is 5.32 Å². The zero-order valence-corrected chi connectivity index (χ0v) is 11.5. The van der Waals surface area contributed by atoms with Gasteiger partial charge in [0.2, 0.25) is 0 Å². The van der Waals surface area contributed by atoms with Gasteiger partial charge in [0.15, 0.2) is 0 Å². The Morgan fingerprint density at radius 2 is 1.86 bits per heavy atom. The topological polar surface area (TPSA) is 38.3 Å². The first-order valence-corrected chi connectivity index (χ1v) is 6.08. The molecule has 21 heavy (non-hydrogen) atoms. The Labute approximate surface area is 131 Å². The molecule has 1 amide bonds. The zero-order chi connectivity index (χ0) is 13.8. The predicted molar refractivity (Wildman–Crippen MR) is 94.5 cm³/mol. The van der Waals surface area contributed by atoms with Crippen LogP contribution in [0.15, 0.2) is 30.8 Å². The fourth-order valence-electron chi connectivity index (χ4n) is 1.67. The SMILES string of the molecule is C.C.C.C=C(C)c1cccc(C(C)(C)NC(=O)OCC)c1. The molecule has 0 heterocycles. The Balaban J connectivity index is -0.00000108. The quantitative estimate of drug-likeness (QED) is 0.784. The van der Waals surface area contributed by atoms with Crippen LogP contribution in [-0.2, 0) is 10.3 Å². The molecule has 0 radical (unpaired) electrons. The maximum absolute atomic E-state index is 11.5. The highest BCUT2D eigenvalue weighted by Gasteiger charge is 2.23. The van der Waals surface area contributed by atoms with Gasteiger partial charge in [0.25, 0.3) is 0 Å². The second kappa shape index (κ2) is 10.0. The average molecular weight is 295 g/mol. The molecule has 0 aliphatic rings. The summed E-state index contributed by atoms with van der Waals surface area (Å²) in [5, 5.41) is 2.85. The molecule has 0 aliphatic carbocycles. The predicted octanol–water partition coefficient (Wildman–Crippen LogP) is 5.61. The van der Waals surface area contributed by atoms with Gasteiger partial charge in [-0.25, -0.2) is 4.79 Å². The number of rotatable bonds is 4. The number of ether oxygens (including phenoxy) is 1. The first-order valence-electron chi connectivity index (χ1n) is 6.08. The largest absolute Gasteiger partial charge is 0.450 e. The van der Waals surface area contributed by atoms with Crippen LogP contribution in [0.2, 0.25) is 0 Å². The summed E-state index contributed by atoms with van der Waals surface area (Å²) in [6.45, 7) is 11.9. The third-order valence-electron chi connectivity index (χ3n) is 2.77. The molecule has 0 saturated carbocycles. The van der Waals surface area contributed by atoms with Crippen LogP contribution >= 0.6 is 0 Å². The maximum atomic E-state index is 11.5. The van der Waals surface area contributed by atoms with Crippen molar-refractivity contribution in [2.75, 3.05) is 6.61 Å². The molecule has 0 aromatic heterocycles. The van der Waals surface area contributed by atoms with Gasteiger partial charge in [-0.3, -0.25) is 0 Å². The molecule has 0 fully saturated rings. The molecule has 0 spiro atoms. The molecule has 0 atom stereocenters. The van der Waals surface area contributed by atoms with E-state index in [1.165, 1.54) is 0 Å². The molecule has 1 aromatic rings. The first kappa shape index (κ1) is 24.3. The number of benzene rings is 1. The molecule has 0 unspecified atom stereocenters. The third-order valence-corrected chi connectivity index (χ3v) is 2.77. The fourth-order valence-corrected chi connectivity index (χ4v) is 1.67. The van der Waals surface area contributed by atoms with Gasteiger partial charge >= 0.3 is 6.09 Å². The third kappa shape index (κ3) is 6.98. The van der Waals surface area contributed by atoms with E-state index in [0.717, 1.165) is 16.7 Å². The number of carbonyl (C=O) groups excluding carboxylic acids is 1. The number of alkyl carbamates (subject to hydrolysis) is 1. The highest BCUT2D eigenvalue weighted by atomic mass is 16.5. The van der Waals surface area contributed by atoms with Gasteiger partial charge in [-0.2, -0.15) is 0 Å². The maximum Gasteiger partial charge on any atom is 0.407 e. The second-order valence-electron chi connectivity index (χ2n) is 4.83. The summed E-state index contributed by atoms with van der Waals surface area (Å²) < 4.78 is 4.91. The molecule has 0 bridgehead atoms. The zero-order valence-electron chi connectivity index (χ0n) is 11.5. The average Bonchev–Trinajstić information content (AvgIpc) is 2.28. The Bertz CT molecular complexity index is 450. The van der Waals surface area contributed by atoms with Gasteiger partial charge in [0, 0.05) is 0 Å². The van der Waals surface area contributed by atoms with Crippen molar-refractivity contribution in [1.82, 2.24) is 5.32 Å². The Morgan fingerprint density at radius 3 is 2.33 bits per heavy atom. The summed E-state index contributed by atoms with van der Waals surface area (Å²) in [5.41, 5.74) is 2.63. The lowest BCUT2D eigenvalue weighted by Gasteiger charge is -2.26. The Morgan fingerprint density at radius 1 is 1.29 bits per heavy atom. The molecule has 3 nitrogen and oxygen atoms in total. The van der Waals surface area contributed by atoms with E-state index in [9.17, 15) is 4.79 Å². The molecule has 122 valence electrons. The Hall–Kier alpha value is -1.77. The minimum Gasteiger partial charge on any atom is -0.450 e. The fraction of sp³-hybridized carbons (Fsp3) is 0.500. The van der Waals surface area contributed by atoms with Gasteiger partial charge in [0.05, 0.1) is 12.1 Å². The van der Waals surface area contributed by atoms with Crippen molar-refractivity contribution in [3.63, 3.8) is 0 Å². The summed E-state index contributed by atoms with van der Waals surface area (Å²) in [5.74, 6) is 0. The molecule has 1 aromatic carbocycles. The Kier molecular flexibility index (Phi) is 11.6. The van der Waals surface area contributed by atoms with Gasteiger partial charge < -0.3 is 10.1 Å². The normalized spacial score (nSPS) is 9.33. The van der Waals surface area contributed by atoms with Crippen LogP contribution in [0.1, 0.15) is 61.1 Å². The lowest BCUT2D eigenvalue weighted by atomic mass is 9.92. The summed E-state index contributed by atoms with van der Waals surface area (Å²) in [4.78, 5) is 11.5. The summed E-state index contributed by atoms with van der Waals surface area (Å²) in [6, 6.07) is 7.99. The van der Waals surface area contributed by atoms with Crippen molar-refractivity contribution in [1.29, 1.82) is 0 Å². The number of carbonyl (C=O) groups is 1. The molecule has 0 saturated heterocycles. The van der Waals surface area contributed by atoms with Crippen molar-refractivity contribution in [2.24, 2.45) is 0 Å². The van der Waals surface area contributed by atoms with Gasteiger partial charge in [-0.05, 0) is 44.9 Å². The number of nitrogens with one attached hydrogen (secondary N) is 1. The van der Waals surface area contributed by atoms with Crippen molar-refractivity contribution >= 4 is 11.7 Å². The van der Waals surface area contributed by atoms with Gasteiger partial charge in [0.1, 0.15) is 0 Å². The smallest absolute Gasteiger partial charge is 0.407 e. The van der Waals surface area contributed by atoms with Crippen molar-refractivity contribution in [2.45, 2.75) is 55.5 Å². The lowest BCUT2D eigenvalue weighted by molar-refractivity contribution is 0.141. The van der Waals surface area contributed by atoms with E-state index in [1.807, 2.05) is 45.0 Å². The minimum atomic E-state index is -0.474. The lowest BCUT2D eigenvalue weighted by Crippen LogP contribution is -2.41. The van der Waals surface area contributed by atoms with E-state index in [0.29, 0.717) is 6.61 Å². The molecule has 0 aliphatic heterocycles. The summed E-state index contributed by atoms with van der Waals surface area (Å²) in [6.07, 6.45) is -0.400. The highest BCUT2D eigenvalue weighted by molar-refractivity contribution is 5.69. The summed E-state index contributed by atoms with van der Waals surface area (Å²) >= 11 is 0. The van der Waals surface area contributed by atoms with Gasteiger partial charge in [-0.15, -0.1) is 0 Å². The van der Waals surface area contributed by atoms with Crippen molar-refractivity contribution < 1.29 is 9.53 Å². The number of hydrogen-bond acceptors (Lipinski definition) is 2. The number of amides is 1. The standard InChI is InChI=1S/C15H21NO2.3CH4/c1-6-18-14(17)16-15(4,5)13-9-7-8-12(10-13)11(2)3;;;/h7-10H,2,6H2,1,3-5H3,(H,16,17);3*1H4. The van der Waals surface area contributed by atoms with E-state index in [1.54, 1.807) is 6.92 Å². The van der Waals surface area contributed by atoms with Gasteiger partial charge in [-0.1, -0.05) is 52.6 Å². The molecule has 1 N–H and O–H groups in total. The summed E-state index contributed by atoms with van der Waals surface area (Å²) in [7, 11) is 0.